The van der Waals surface area contributed by atoms with Gasteiger partial charge < -0.3 is 11.1 Å². The number of amides is 2. The fourth-order valence-corrected chi connectivity index (χ4v) is 4.09. The summed E-state index contributed by atoms with van der Waals surface area (Å²) in [5.41, 5.74) is 2.30. The van der Waals surface area contributed by atoms with Gasteiger partial charge in [0.05, 0.1) is 40.4 Å². The van der Waals surface area contributed by atoms with E-state index in [2.05, 4.69) is 15.4 Å². The van der Waals surface area contributed by atoms with Gasteiger partial charge in [-0.25, -0.2) is 9.37 Å². The molecule has 4 aromatic rings. The summed E-state index contributed by atoms with van der Waals surface area (Å²) in [7, 11) is 0. The first-order valence-electron chi connectivity index (χ1n) is 11.2. The number of pyridine rings is 1. The highest BCUT2D eigenvalue weighted by atomic mass is 35.5. The van der Waals surface area contributed by atoms with E-state index < -0.39 is 58.5 Å². The number of halogens is 8. The van der Waals surface area contributed by atoms with Gasteiger partial charge in [0.15, 0.2) is 5.69 Å². The molecule has 0 aliphatic rings. The first-order valence-corrected chi connectivity index (χ1v) is 11.6. The van der Waals surface area contributed by atoms with Crippen LogP contribution in [0.15, 0.2) is 42.5 Å². The van der Waals surface area contributed by atoms with E-state index in [0.29, 0.717) is 5.56 Å². The number of primary amides is 1. The van der Waals surface area contributed by atoms with Gasteiger partial charge in [-0.15, -0.1) is 0 Å². The van der Waals surface area contributed by atoms with Crippen LogP contribution in [-0.2, 0) is 19.1 Å². The zero-order valence-electron chi connectivity index (χ0n) is 20.2. The van der Waals surface area contributed by atoms with Crippen molar-refractivity contribution in [2.24, 2.45) is 5.73 Å². The zero-order chi connectivity index (χ0) is 29.6. The Labute approximate surface area is 225 Å². The van der Waals surface area contributed by atoms with Crippen LogP contribution in [0, 0.1) is 12.7 Å². The summed E-state index contributed by atoms with van der Waals surface area (Å²) in [6, 6.07) is 7.86. The third-order valence-corrected chi connectivity index (χ3v) is 6.11. The van der Waals surface area contributed by atoms with Gasteiger partial charge in [0.25, 0.3) is 11.8 Å². The molecule has 0 spiro atoms. The van der Waals surface area contributed by atoms with Crippen molar-refractivity contribution in [3.63, 3.8) is 0 Å². The lowest BCUT2D eigenvalue weighted by atomic mass is 10.1. The summed E-state index contributed by atoms with van der Waals surface area (Å²) < 4.78 is 94.5. The van der Waals surface area contributed by atoms with Crippen LogP contribution in [0.5, 0.6) is 0 Å². The Morgan fingerprint density at radius 3 is 2.23 bits per heavy atom. The molecule has 0 fully saturated rings. The smallest absolute Gasteiger partial charge is 0.364 e. The van der Waals surface area contributed by atoms with E-state index >= 15 is 0 Å². The lowest BCUT2D eigenvalue weighted by Crippen LogP contribution is -2.19. The molecule has 0 radical (unpaired) electrons. The summed E-state index contributed by atoms with van der Waals surface area (Å²) >= 11 is 5.81. The number of hydrogen-bond acceptors (Lipinski definition) is 4. The largest absolute Gasteiger partial charge is 0.437 e. The molecule has 0 aliphatic heterocycles. The van der Waals surface area contributed by atoms with Crippen LogP contribution in [-0.4, -0.2) is 32.8 Å². The molecule has 0 saturated heterocycles. The summed E-state index contributed by atoms with van der Waals surface area (Å²) in [6.45, 7) is 0.998. The topological polar surface area (TPSA) is 103 Å². The fraction of sp³-hybridized carbons (Fsp3) is 0.200. The molecular weight excluding hydrogens is 571 g/mol. The second-order valence-corrected chi connectivity index (χ2v) is 9.14. The number of nitrogens with one attached hydrogen (secondary N) is 1. The highest BCUT2D eigenvalue weighted by Crippen LogP contribution is 2.37. The molecule has 3 N–H and O–H groups in total. The zero-order valence-corrected chi connectivity index (χ0v) is 21.0. The number of carbonyl (C=O) groups is 2. The van der Waals surface area contributed by atoms with Crippen molar-refractivity contribution in [2.45, 2.75) is 32.2 Å². The molecule has 2 aromatic carbocycles. The minimum Gasteiger partial charge on any atom is -0.364 e. The molecule has 0 atom stereocenters. The number of aromatic nitrogens is 3. The van der Waals surface area contributed by atoms with E-state index in [1.54, 1.807) is 0 Å². The van der Waals surface area contributed by atoms with Crippen LogP contribution in [0.4, 0.5) is 36.4 Å². The van der Waals surface area contributed by atoms with Crippen LogP contribution >= 0.6 is 11.6 Å². The van der Waals surface area contributed by atoms with E-state index in [4.69, 9.17) is 17.3 Å². The molecule has 0 aliphatic carbocycles. The number of hydrogen-bond donors (Lipinski definition) is 2. The predicted octanol–water partition coefficient (Wildman–Crippen LogP) is 6.06. The van der Waals surface area contributed by atoms with Gasteiger partial charge >= 0.3 is 12.4 Å². The monoisotopic (exact) mass is 587 g/mol. The lowest BCUT2D eigenvalue weighted by Gasteiger charge is -2.12. The van der Waals surface area contributed by atoms with Gasteiger partial charge in [0.1, 0.15) is 11.5 Å². The summed E-state index contributed by atoms with van der Waals surface area (Å²) in [5, 5.41) is 5.26. The molecule has 0 bridgehead atoms. The minimum absolute atomic E-state index is 0.0303. The molecule has 2 heterocycles. The van der Waals surface area contributed by atoms with Crippen molar-refractivity contribution in [1.29, 1.82) is 0 Å². The number of nitrogens with two attached hydrogens (primary N) is 1. The Bertz CT molecular complexity index is 1630. The molecule has 210 valence electrons. The van der Waals surface area contributed by atoms with E-state index in [-0.39, 0.29) is 34.3 Å². The van der Waals surface area contributed by atoms with Gasteiger partial charge in [0, 0.05) is 11.5 Å². The molecule has 15 heteroatoms. The Morgan fingerprint density at radius 1 is 1.02 bits per heavy atom. The molecule has 7 nitrogen and oxygen atoms in total. The SMILES string of the molecule is Cc1c(NC(=O)c2cc(C(N)=O)nc3cc(F)c(Cl)cc23)c(C(F)(F)F)nn1Cc1ccc(CC(F)(F)F)cc1. The van der Waals surface area contributed by atoms with Crippen molar-refractivity contribution < 1.29 is 40.3 Å². The van der Waals surface area contributed by atoms with Crippen LogP contribution in [0.3, 0.4) is 0 Å². The number of alkyl halides is 6. The number of carbonyl (C=O) groups excluding carboxylic acids is 2. The van der Waals surface area contributed by atoms with Gasteiger partial charge in [0.2, 0.25) is 0 Å². The van der Waals surface area contributed by atoms with Crippen LogP contribution in [0.1, 0.15) is 43.4 Å². The van der Waals surface area contributed by atoms with E-state index in [0.717, 1.165) is 22.9 Å². The minimum atomic E-state index is -5.01. The van der Waals surface area contributed by atoms with Gasteiger partial charge in [-0.05, 0) is 30.2 Å². The lowest BCUT2D eigenvalue weighted by molar-refractivity contribution is -0.140. The third-order valence-electron chi connectivity index (χ3n) is 5.82. The molecule has 2 aromatic heterocycles. The molecule has 40 heavy (non-hydrogen) atoms. The molecule has 0 unspecified atom stereocenters. The maximum absolute atomic E-state index is 14.0. The first kappa shape index (κ1) is 28.8. The van der Waals surface area contributed by atoms with Crippen molar-refractivity contribution >= 4 is 40.0 Å². The number of rotatable bonds is 6. The average molecular weight is 588 g/mol. The van der Waals surface area contributed by atoms with E-state index in [9.17, 15) is 40.3 Å². The van der Waals surface area contributed by atoms with Crippen molar-refractivity contribution in [2.75, 3.05) is 5.32 Å². The van der Waals surface area contributed by atoms with Crippen LogP contribution < -0.4 is 11.1 Å². The maximum atomic E-state index is 14.0. The standard InChI is InChI=1S/C25H17ClF7N5O2/c1-11-20(36-23(40)15-7-19(22(34)39)35-18-8-17(27)16(26)6-14(15)18)21(25(31,32)33)37-38(11)10-13-4-2-12(3-5-13)9-24(28,29)30/h2-8H,9-10H2,1H3,(H2,34,39)(H,36,40). The normalized spacial score (nSPS) is 12.1. The fourth-order valence-electron chi connectivity index (χ4n) is 3.93. The summed E-state index contributed by atoms with van der Waals surface area (Å²) in [4.78, 5) is 28.8. The maximum Gasteiger partial charge on any atom is 0.437 e. The second kappa shape index (κ2) is 10.4. The van der Waals surface area contributed by atoms with Gasteiger partial charge in [-0.2, -0.15) is 31.4 Å². The second-order valence-electron chi connectivity index (χ2n) is 8.73. The van der Waals surface area contributed by atoms with Crippen molar-refractivity contribution in [1.82, 2.24) is 14.8 Å². The van der Waals surface area contributed by atoms with Crippen LogP contribution in [0.25, 0.3) is 10.9 Å². The Hall–Kier alpha value is -4.20. The first-order chi connectivity index (χ1) is 18.5. The highest BCUT2D eigenvalue weighted by Gasteiger charge is 2.39. The van der Waals surface area contributed by atoms with Gasteiger partial charge in [-0.3, -0.25) is 14.3 Å². The molecule has 2 amide bonds. The number of nitrogens with zero attached hydrogens (tertiary/aromatic N) is 3. The number of anilines is 1. The Morgan fingerprint density at radius 2 is 1.65 bits per heavy atom. The number of fused-ring (bicyclic) bond motifs is 1. The summed E-state index contributed by atoms with van der Waals surface area (Å²) in [5.74, 6) is -3.12. The molecule has 4 rings (SSSR count). The molecule has 0 saturated carbocycles. The Balaban J connectivity index is 1.72. The van der Waals surface area contributed by atoms with E-state index in [1.165, 1.54) is 31.2 Å². The van der Waals surface area contributed by atoms with Crippen molar-refractivity contribution in [3.8, 4) is 0 Å². The third kappa shape index (κ3) is 6.17. The quantitative estimate of drug-likeness (QED) is 0.268. The summed E-state index contributed by atoms with van der Waals surface area (Å²) in [6.07, 6.45) is -10.6. The molecular formula is C25H17ClF7N5O2. The van der Waals surface area contributed by atoms with Gasteiger partial charge in [-0.1, -0.05) is 35.9 Å². The van der Waals surface area contributed by atoms with Crippen molar-refractivity contribution in [3.05, 3.63) is 87.1 Å². The average Bonchev–Trinajstić information content (AvgIpc) is 3.14. The number of benzene rings is 2. The predicted molar refractivity (Wildman–Crippen MR) is 130 cm³/mol. The van der Waals surface area contributed by atoms with Crippen LogP contribution in [0.2, 0.25) is 5.02 Å². The Kier molecular flexibility index (Phi) is 7.49. The highest BCUT2D eigenvalue weighted by molar-refractivity contribution is 6.31. The van der Waals surface area contributed by atoms with E-state index in [1.807, 2.05) is 0 Å².